The second-order valence-corrected chi connectivity index (χ2v) is 7.10. The van der Waals surface area contributed by atoms with Gasteiger partial charge in [0.15, 0.2) is 0 Å². The molecule has 0 spiro atoms. The van der Waals surface area contributed by atoms with Crippen molar-refractivity contribution in [2.45, 2.75) is 77.8 Å². The molecule has 2 aliphatic rings. The lowest BCUT2D eigenvalue weighted by Crippen LogP contribution is -2.44. The van der Waals surface area contributed by atoms with Crippen molar-refractivity contribution in [1.29, 1.82) is 0 Å². The van der Waals surface area contributed by atoms with E-state index >= 15 is 0 Å². The number of likely N-dealkylation sites (tertiary alicyclic amines) is 1. The number of nitrogens with one attached hydrogen (secondary N) is 1. The molecule has 0 aromatic rings. The molecule has 0 radical (unpaired) electrons. The molecular weight excluding hydrogens is 232 g/mol. The maximum Gasteiger partial charge on any atom is 0.0118 e. The van der Waals surface area contributed by atoms with Crippen LogP contribution < -0.4 is 5.32 Å². The molecule has 19 heavy (non-hydrogen) atoms. The summed E-state index contributed by atoms with van der Waals surface area (Å²) in [6.07, 6.45) is 9.86. The lowest BCUT2D eigenvalue weighted by molar-refractivity contribution is 0.154. The molecule has 2 heteroatoms. The Bertz CT molecular complexity index is 244. The topological polar surface area (TPSA) is 15.3 Å². The number of rotatable bonds is 5. The third-order valence-electron chi connectivity index (χ3n) is 5.49. The van der Waals surface area contributed by atoms with Gasteiger partial charge in [-0.1, -0.05) is 26.7 Å². The van der Waals surface area contributed by atoms with Gasteiger partial charge in [-0.3, -0.25) is 0 Å². The molecule has 0 bridgehead atoms. The molecule has 1 saturated heterocycles. The molecule has 0 aromatic carbocycles. The number of piperidine rings is 1. The molecule has 0 aromatic heterocycles. The van der Waals surface area contributed by atoms with Crippen molar-refractivity contribution in [2.24, 2.45) is 11.8 Å². The van der Waals surface area contributed by atoms with E-state index in [-0.39, 0.29) is 0 Å². The van der Waals surface area contributed by atoms with Crippen LogP contribution in [-0.4, -0.2) is 36.6 Å². The summed E-state index contributed by atoms with van der Waals surface area (Å²) < 4.78 is 0. The molecule has 2 rings (SSSR count). The fourth-order valence-corrected chi connectivity index (χ4v) is 4.12. The first-order chi connectivity index (χ1) is 9.18. The Morgan fingerprint density at radius 3 is 2.37 bits per heavy atom. The van der Waals surface area contributed by atoms with Gasteiger partial charge in [-0.2, -0.15) is 0 Å². The maximum absolute atomic E-state index is 3.85. The zero-order valence-electron chi connectivity index (χ0n) is 13.3. The van der Waals surface area contributed by atoms with E-state index in [9.17, 15) is 0 Å². The Hall–Kier alpha value is -0.0800. The van der Waals surface area contributed by atoms with E-state index in [2.05, 4.69) is 31.0 Å². The van der Waals surface area contributed by atoms with Crippen LogP contribution in [0.1, 0.15) is 65.7 Å². The van der Waals surface area contributed by atoms with Gasteiger partial charge in [-0.05, 0) is 70.5 Å². The van der Waals surface area contributed by atoms with Gasteiger partial charge in [-0.25, -0.2) is 0 Å². The summed E-state index contributed by atoms with van der Waals surface area (Å²) in [4.78, 5) is 2.69. The van der Waals surface area contributed by atoms with E-state index < -0.39 is 0 Å². The fourth-order valence-electron chi connectivity index (χ4n) is 4.12. The summed E-state index contributed by atoms with van der Waals surface area (Å²) in [6, 6.07) is 1.59. The predicted octanol–water partition coefficient (Wildman–Crippen LogP) is 3.67. The van der Waals surface area contributed by atoms with Crippen molar-refractivity contribution < 1.29 is 0 Å². The van der Waals surface area contributed by atoms with Gasteiger partial charge in [0.1, 0.15) is 0 Å². The SMILES string of the molecule is CC1CCCC(C)C1NCCCN1CCCCC1C. The Kier molecular flexibility index (Phi) is 6.15. The quantitative estimate of drug-likeness (QED) is 0.764. The summed E-state index contributed by atoms with van der Waals surface area (Å²) in [5.41, 5.74) is 0. The molecule has 1 aliphatic carbocycles. The van der Waals surface area contributed by atoms with Crippen LogP contribution in [0.3, 0.4) is 0 Å². The lowest BCUT2D eigenvalue weighted by atomic mass is 9.79. The highest BCUT2D eigenvalue weighted by molar-refractivity contribution is 4.83. The highest BCUT2D eigenvalue weighted by Gasteiger charge is 2.26. The van der Waals surface area contributed by atoms with Crippen molar-refractivity contribution in [3.63, 3.8) is 0 Å². The average molecular weight is 266 g/mol. The molecule has 1 saturated carbocycles. The van der Waals surface area contributed by atoms with Gasteiger partial charge in [0.05, 0.1) is 0 Å². The van der Waals surface area contributed by atoms with Gasteiger partial charge >= 0.3 is 0 Å². The first-order valence-corrected chi connectivity index (χ1v) is 8.66. The van der Waals surface area contributed by atoms with Gasteiger partial charge in [0.2, 0.25) is 0 Å². The number of hydrogen-bond acceptors (Lipinski definition) is 2. The Morgan fingerprint density at radius 2 is 1.68 bits per heavy atom. The second-order valence-electron chi connectivity index (χ2n) is 7.10. The predicted molar refractivity (Wildman–Crippen MR) is 83.5 cm³/mol. The summed E-state index contributed by atoms with van der Waals surface area (Å²) in [6.45, 7) is 11.1. The molecule has 3 unspecified atom stereocenters. The average Bonchev–Trinajstić information content (AvgIpc) is 2.39. The molecule has 0 amide bonds. The summed E-state index contributed by atoms with van der Waals surface area (Å²) in [5, 5.41) is 3.85. The fraction of sp³-hybridized carbons (Fsp3) is 1.00. The van der Waals surface area contributed by atoms with Crippen LogP contribution in [0, 0.1) is 11.8 Å². The van der Waals surface area contributed by atoms with Crippen LogP contribution in [0.5, 0.6) is 0 Å². The molecule has 2 nitrogen and oxygen atoms in total. The van der Waals surface area contributed by atoms with Gasteiger partial charge < -0.3 is 10.2 Å². The van der Waals surface area contributed by atoms with Gasteiger partial charge in [0.25, 0.3) is 0 Å². The zero-order chi connectivity index (χ0) is 13.7. The molecule has 3 atom stereocenters. The first-order valence-electron chi connectivity index (χ1n) is 8.66. The molecule has 2 fully saturated rings. The molecular formula is C17H34N2. The van der Waals surface area contributed by atoms with E-state index in [4.69, 9.17) is 0 Å². The van der Waals surface area contributed by atoms with Crippen LogP contribution in [0.2, 0.25) is 0 Å². The van der Waals surface area contributed by atoms with Gasteiger partial charge in [-0.15, -0.1) is 0 Å². The van der Waals surface area contributed by atoms with Crippen LogP contribution in [-0.2, 0) is 0 Å². The van der Waals surface area contributed by atoms with Crippen molar-refractivity contribution in [2.75, 3.05) is 19.6 Å². The monoisotopic (exact) mass is 266 g/mol. The van der Waals surface area contributed by atoms with Crippen molar-refractivity contribution in [3.8, 4) is 0 Å². The third kappa shape index (κ3) is 4.46. The van der Waals surface area contributed by atoms with Crippen LogP contribution in [0.4, 0.5) is 0 Å². The van der Waals surface area contributed by atoms with Gasteiger partial charge in [0, 0.05) is 12.1 Å². The first kappa shape index (κ1) is 15.3. The van der Waals surface area contributed by atoms with Crippen LogP contribution >= 0.6 is 0 Å². The van der Waals surface area contributed by atoms with E-state index in [1.54, 1.807) is 0 Å². The van der Waals surface area contributed by atoms with Crippen molar-refractivity contribution in [1.82, 2.24) is 10.2 Å². The molecule has 112 valence electrons. The lowest BCUT2D eigenvalue weighted by Gasteiger charge is -2.36. The van der Waals surface area contributed by atoms with Crippen molar-refractivity contribution >= 4 is 0 Å². The Labute approximate surface area is 120 Å². The maximum atomic E-state index is 3.85. The van der Waals surface area contributed by atoms with E-state index in [0.29, 0.717) is 0 Å². The molecule has 1 heterocycles. The third-order valence-corrected chi connectivity index (χ3v) is 5.49. The van der Waals surface area contributed by atoms with Crippen molar-refractivity contribution in [3.05, 3.63) is 0 Å². The minimum Gasteiger partial charge on any atom is -0.313 e. The normalized spacial score (nSPS) is 37.4. The summed E-state index contributed by atoms with van der Waals surface area (Å²) in [7, 11) is 0. The molecule has 1 N–H and O–H groups in total. The Morgan fingerprint density at radius 1 is 0.947 bits per heavy atom. The zero-order valence-corrected chi connectivity index (χ0v) is 13.3. The smallest absolute Gasteiger partial charge is 0.0118 e. The largest absolute Gasteiger partial charge is 0.313 e. The standard InChI is InChI=1S/C17H34N2/c1-14-8-6-9-15(2)17(14)18-11-7-13-19-12-5-4-10-16(19)3/h14-18H,4-13H2,1-3H3. The molecule has 1 aliphatic heterocycles. The number of nitrogens with zero attached hydrogens (tertiary/aromatic N) is 1. The minimum atomic E-state index is 0.771. The second kappa shape index (κ2) is 7.64. The van der Waals surface area contributed by atoms with Crippen LogP contribution in [0.25, 0.3) is 0 Å². The number of hydrogen-bond donors (Lipinski definition) is 1. The van der Waals surface area contributed by atoms with E-state index in [1.807, 2.05) is 0 Å². The summed E-state index contributed by atoms with van der Waals surface area (Å²) in [5.74, 6) is 1.75. The van der Waals surface area contributed by atoms with Crippen LogP contribution in [0.15, 0.2) is 0 Å². The Balaban J connectivity index is 1.63. The summed E-state index contributed by atoms with van der Waals surface area (Å²) >= 11 is 0. The van der Waals surface area contributed by atoms with E-state index in [1.165, 1.54) is 64.6 Å². The van der Waals surface area contributed by atoms with E-state index in [0.717, 1.165) is 23.9 Å². The highest BCUT2D eigenvalue weighted by Crippen LogP contribution is 2.28. The highest BCUT2D eigenvalue weighted by atomic mass is 15.2. The minimum absolute atomic E-state index is 0.771.